The van der Waals surface area contributed by atoms with Crippen molar-refractivity contribution in [1.29, 1.82) is 0 Å². The van der Waals surface area contributed by atoms with Crippen LogP contribution in [0.2, 0.25) is 0 Å². The summed E-state index contributed by atoms with van der Waals surface area (Å²) >= 11 is 0. The first-order valence-electron chi connectivity index (χ1n) is 6.90. The van der Waals surface area contributed by atoms with Crippen molar-refractivity contribution < 1.29 is 13.3 Å². The fourth-order valence-electron chi connectivity index (χ4n) is 2.36. The number of benzene rings is 1. The Morgan fingerprint density at radius 2 is 1.67 bits per heavy atom. The smallest absolute Gasteiger partial charge is 0.258 e. The van der Waals surface area contributed by atoms with Crippen molar-refractivity contribution in [3.8, 4) is 0 Å². The standard InChI is InChI=1S/C14H22N2O4S/c1-10(2)12(11(3)4)9-15-21(19,20)14-8-6-5-7-13(14)16(17)18/h5-8,10-12,15H,9H2,1-4H3. The van der Waals surface area contributed by atoms with Crippen molar-refractivity contribution in [2.45, 2.75) is 32.6 Å². The topological polar surface area (TPSA) is 89.3 Å². The van der Waals surface area contributed by atoms with Gasteiger partial charge in [0.05, 0.1) is 4.92 Å². The van der Waals surface area contributed by atoms with E-state index in [-0.39, 0.29) is 17.4 Å². The van der Waals surface area contributed by atoms with Crippen LogP contribution in [0.4, 0.5) is 5.69 Å². The van der Waals surface area contributed by atoms with Crippen LogP contribution in [0.5, 0.6) is 0 Å². The quantitative estimate of drug-likeness (QED) is 0.619. The highest BCUT2D eigenvalue weighted by molar-refractivity contribution is 7.89. The molecule has 6 nitrogen and oxygen atoms in total. The van der Waals surface area contributed by atoms with Gasteiger partial charge >= 0.3 is 0 Å². The Morgan fingerprint density at radius 3 is 2.14 bits per heavy atom. The molecule has 0 heterocycles. The molecule has 0 saturated carbocycles. The molecule has 0 aliphatic heterocycles. The highest BCUT2D eigenvalue weighted by Gasteiger charge is 2.27. The van der Waals surface area contributed by atoms with Crippen LogP contribution in [0.3, 0.4) is 0 Å². The van der Waals surface area contributed by atoms with Gasteiger partial charge in [-0.25, -0.2) is 13.1 Å². The van der Waals surface area contributed by atoms with Crippen LogP contribution in [-0.2, 0) is 10.0 Å². The van der Waals surface area contributed by atoms with Crippen LogP contribution in [0.1, 0.15) is 27.7 Å². The molecule has 118 valence electrons. The summed E-state index contributed by atoms with van der Waals surface area (Å²) in [5.74, 6) is 0.805. The first kappa shape index (κ1) is 17.6. The maximum atomic E-state index is 12.3. The maximum Gasteiger partial charge on any atom is 0.289 e. The zero-order chi connectivity index (χ0) is 16.2. The van der Waals surface area contributed by atoms with E-state index < -0.39 is 20.6 Å². The Morgan fingerprint density at radius 1 is 1.14 bits per heavy atom. The summed E-state index contributed by atoms with van der Waals surface area (Å²) in [6.07, 6.45) is 0. The minimum atomic E-state index is -3.89. The van der Waals surface area contributed by atoms with Gasteiger partial charge in [-0.1, -0.05) is 39.8 Å². The van der Waals surface area contributed by atoms with E-state index in [0.717, 1.165) is 0 Å². The number of rotatable bonds is 7. The molecule has 0 spiro atoms. The van der Waals surface area contributed by atoms with E-state index in [0.29, 0.717) is 11.8 Å². The van der Waals surface area contributed by atoms with Crippen LogP contribution < -0.4 is 4.72 Å². The Kier molecular flexibility index (Phi) is 5.86. The molecule has 0 aliphatic carbocycles. The van der Waals surface area contributed by atoms with Gasteiger partial charge in [-0.2, -0.15) is 0 Å². The largest absolute Gasteiger partial charge is 0.289 e. The van der Waals surface area contributed by atoms with Crippen molar-refractivity contribution in [2.75, 3.05) is 6.54 Å². The fourth-order valence-corrected chi connectivity index (χ4v) is 3.60. The fraction of sp³-hybridized carbons (Fsp3) is 0.571. The number of nitrogens with zero attached hydrogens (tertiary/aromatic N) is 1. The van der Waals surface area contributed by atoms with Gasteiger partial charge in [-0.05, 0) is 23.8 Å². The van der Waals surface area contributed by atoms with Gasteiger partial charge < -0.3 is 0 Å². The Balaban J connectivity index is 3.00. The number of nitro benzene ring substituents is 1. The lowest BCUT2D eigenvalue weighted by atomic mass is 9.86. The second kappa shape index (κ2) is 7.00. The molecular formula is C14H22N2O4S. The second-order valence-corrected chi connectivity index (χ2v) is 7.46. The average Bonchev–Trinajstić information content (AvgIpc) is 2.37. The summed E-state index contributed by atoms with van der Waals surface area (Å²) in [5.41, 5.74) is -0.407. The zero-order valence-corrected chi connectivity index (χ0v) is 13.6. The molecule has 7 heteroatoms. The molecule has 0 radical (unpaired) electrons. The van der Waals surface area contributed by atoms with Crippen LogP contribution in [0, 0.1) is 27.9 Å². The molecule has 1 aromatic rings. The van der Waals surface area contributed by atoms with E-state index in [4.69, 9.17) is 0 Å². The van der Waals surface area contributed by atoms with Crippen molar-refractivity contribution in [3.05, 3.63) is 34.4 Å². The van der Waals surface area contributed by atoms with E-state index in [1.807, 2.05) is 27.7 Å². The van der Waals surface area contributed by atoms with Crippen molar-refractivity contribution in [2.24, 2.45) is 17.8 Å². The van der Waals surface area contributed by atoms with Crippen molar-refractivity contribution in [3.63, 3.8) is 0 Å². The normalized spacial score (nSPS) is 12.3. The average molecular weight is 314 g/mol. The van der Waals surface area contributed by atoms with E-state index in [9.17, 15) is 18.5 Å². The van der Waals surface area contributed by atoms with Crippen LogP contribution in [0.25, 0.3) is 0 Å². The number of nitrogens with one attached hydrogen (secondary N) is 1. The number of hydrogen-bond acceptors (Lipinski definition) is 4. The van der Waals surface area contributed by atoms with E-state index in [2.05, 4.69) is 4.72 Å². The van der Waals surface area contributed by atoms with Crippen LogP contribution in [-0.4, -0.2) is 19.9 Å². The maximum absolute atomic E-state index is 12.3. The minimum Gasteiger partial charge on any atom is -0.258 e. The predicted molar refractivity (Wildman–Crippen MR) is 81.5 cm³/mol. The Hall–Kier alpha value is -1.47. The lowest BCUT2D eigenvalue weighted by Crippen LogP contribution is -2.34. The third-order valence-electron chi connectivity index (χ3n) is 3.57. The van der Waals surface area contributed by atoms with Crippen molar-refractivity contribution in [1.82, 2.24) is 4.72 Å². The Labute approximate surface area is 125 Å². The molecule has 0 unspecified atom stereocenters. The lowest BCUT2D eigenvalue weighted by molar-refractivity contribution is -0.387. The number of hydrogen-bond donors (Lipinski definition) is 1. The molecule has 21 heavy (non-hydrogen) atoms. The second-order valence-electron chi connectivity index (χ2n) is 5.73. The van der Waals surface area contributed by atoms with Crippen LogP contribution >= 0.6 is 0 Å². The first-order chi connectivity index (χ1) is 9.66. The minimum absolute atomic E-state index is 0.169. The molecule has 0 aliphatic rings. The number of sulfonamides is 1. The molecule has 1 N–H and O–H groups in total. The third-order valence-corrected chi connectivity index (χ3v) is 5.04. The van der Waals surface area contributed by atoms with Gasteiger partial charge in [-0.3, -0.25) is 10.1 Å². The van der Waals surface area contributed by atoms with Gasteiger partial charge in [0.15, 0.2) is 4.90 Å². The summed E-state index contributed by atoms with van der Waals surface area (Å²) in [6, 6.07) is 5.36. The molecule has 1 rings (SSSR count). The molecular weight excluding hydrogens is 292 g/mol. The van der Waals surface area contributed by atoms with Gasteiger partial charge in [0.2, 0.25) is 10.0 Å². The Bertz CT molecular complexity index is 589. The van der Waals surface area contributed by atoms with Gasteiger partial charge in [0.1, 0.15) is 0 Å². The summed E-state index contributed by atoms with van der Waals surface area (Å²) < 4.78 is 27.1. The first-order valence-corrected chi connectivity index (χ1v) is 8.38. The molecule has 1 aromatic carbocycles. The zero-order valence-electron chi connectivity index (χ0n) is 12.7. The molecule has 0 fully saturated rings. The van der Waals surface area contributed by atoms with E-state index in [1.165, 1.54) is 24.3 Å². The third kappa shape index (κ3) is 4.50. The van der Waals surface area contributed by atoms with Crippen molar-refractivity contribution >= 4 is 15.7 Å². The van der Waals surface area contributed by atoms with Gasteiger partial charge in [-0.15, -0.1) is 0 Å². The predicted octanol–water partition coefficient (Wildman–Crippen LogP) is 2.80. The number of nitro groups is 1. The highest BCUT2D eigenvalue weighted by atomic mass is 32.2. The molecule has 0 bridgehead atoms. The summed E-state index contributed by atoms with van der Waals surface area (Å²) in [6.45, 7) is 8.39. The molecule has 0 saturated heterocycles. The molecule has 0 amide bonds. The molecule has 0 aromatic heterocycles. The number of para-hydroxylation sites is 1. The van der Waals surface area contributed by atoms with E-state index >= 15 is 0 Å². The highest BCUT2D eigenvalue weighted by Crippen LogP contribution is 2.24. The summed E-state index contributed by atoms with van der Waals surface area (Å²) in [4.78, 5) is 9.96. The van der Waals surface area contributed by atoms with E-state index in [1.54, 1.807) is 0 Å². The summed E-state index contributed by atoms with van der Waals surface area (Å²) in [7, 11) is -3.89. The SMILES string of the molecule is CC(C)C(CNS(=O)(=O)c1ccccc1[N+](=O)[O-])C(C)C. The molecule has 0 atom stereocenters. The monoisotopic (exact) mass is 314 g/mol. The van der Waals surface area contributed by atoms with Gasteiger partial charge in [0.25, 0.3) is 5.69 Å². The van der Waals surface area contributed by atoms with Crippen LogP contribution in [0.15, 0.2) is 29.2 Å². The lowest BCUT2D eigenvalue weighted by Gasteiger charge is -2.24. The summed E-state index contributed by atoms with van der Waals surface area (Å²) in [5, 5.41) is 10.9. The van der Waals surface area contributed by atoms with Gasteiger partial charge in [0, 0.05) is 12.6 Å².